The number of nitriles is 1. The number of nitrogens with zero attached hydrogens (tertiary/aromatic N) is 2. The molecule has 0 aliphatic carbocycles. The van der Waals surface area contributed by atoms with E-state index in [2.05, 4.69) is 28.4 Å². The molecule has 1 N–H and O–H groups in total. The molecule has 0 aliphatic heterocycles. The summed E-state index contributed by atoms with van der Waals surface area (Å²) in [6.45, 7) is 0. The van der Waals surface area contributed by atoms with Crippen LogP contribution in [0, 0.1) is 11.3 Å². The van der Waals surface area contributed by atoms with Crippen molar-refractivity contribution in [2.45, 2.75) is 0 Å². The molecule has 4 heteroatoms. The Morgan fingerprint density at radius 1 is 1.00 bits per heavy atom. The van der Waals surface area contributed by atoms with Crippen molar-refractivity contribution in [2.24, 2.45) is 0 Å². The van der Waals surface area contributed by atoms with Gasteiger partial charge in [-0.25, -0.2) is 0 Å². The maximum atomic E-state index is 9.09. The first-order chi connectivity index (χ1) is 11.3. The van der Waals surface area contributed by atoms with Crippen LogP contribution in [-0.4, -0.2) is 17.3 Å². The fourth-order valence-electron chi connectivity index (χ4n) is 2.80. The molecule has 4 nitrogen and oxygen atoms in total. The van der Waals surface area contributed by atoms with Crippen LogP contribution in [0.4, 0.5) is 0 Å². The van der Waals surface area contributed by atoms with E-state index >= 15 is 0 Å². The van der Waals surface area contributed by atoms with Crippen molar-refractivity contribution in [3.05, 3.63) is 60.2 Å². The minimum absolute atomic E-state index is 0.630. The summed E-state index contributed by atoms with van der Waals surface area (Å²) in [6.07, 6.45) is 0. The third kappa shape index (κ3) is 2.19. The fourth-order valence-corrected chi connectivity index (χ4v) is 2.80. The molecule has 4 aromatic rings. The van der Waals surface area contributed by atoms with Crippen LogP contribution in [0.1, 0.15) is 5.56 Å². The summed E-state index contributed by atoms with van der Waals surface area (Å²) in [4.78, 5) is 0. The number of fused-ring (bicyclic) bond motifs is 2. The highest BCUT2D eigenvalue weighted by Gasteiger charge is 2.10. The molecule has 0 radical (unpaired) electrons. The van der Waals surface area contributed by atoms with Crippen LogP contribution in [0.5, 0.6) is 5.75 Å². The maximum Gasteiger partial charge on any atom is 0.119 e. The molecular formula is C19H13N3O. The van der Waals surface area contributed by atoms with E-state index in [4.69, 9.17) is 10.00 Å². The lowest BCUT2D eigenvalue weighted by Crippen LogP contribution is -1.84. The zero-order chi connectivity index (χ0) is 15.8. The topological polar surface area (TPSA) is 61.7 Å². The molecule has 0 saturated heterocycles. The smallest absolute Gasteiger partial charge is 0.119 e. The van der Waals surface area contributed by atoms with E-state index in [0.29, 0.717) is 5.56 Å². The number of hydrogen-bond acceptors (Lipinski definition) is 3. The highest BCUT2D eigenvalue weighted by Crippen LogP contribution is 2.30. The fraction of sp³-hybridized carbons (Fsp3) is 0.0526. The third-order valence-electron chi connectivity index (χ3n) is 4.01. The zero-order valence-electron chi connectivity index (χ0n) is 12.5. The van der Waals surface area contributed by atoms with Gasteiger partial charge in [-0.2, -0.15) is 10.4 Å². The first-order valence-electron chi connectivity index (χ1n) is 7.25. The first kappa shape index (κ1) is 13.4. The van der Waals surface area contributed by atoms with Gasteiger partial charge in [0.25, 0.3) is 0 Å². The number of benzene rings is 3. The first-order valence-corrected chi connectivity index (χ1v) is 7.25. The second kappa shape index (κ2) is 5.15. The molecule has 4 rings (SSSR count). The molecule has 0 atom stereocenters. The molecule has 1 aromatic heterocycles. The number of H-pyrrole nitrogens is 1. The zero-order valence-corrected chi connectivity index (χ0v) is 12.5. The number of ether oxygens (including phenoxy) is 1. The van der Waals surface area contributed by atoms with Crippen molar-refractivity contribution in [3.8, 4) is 23.1 Å². The predicted octanol–water partition coefficient (Wildman–Crippen LogP) is 4.26. The molecule has 110 valence electrons. The summed E-state index contributed by atoms with van der Waals surface area (Å²) in [7, 11) is 1.66. The van der Waals surface area contributed by atoms with Crippen molar-refractivity contribution in [1.82, 2.24) is 10.2 Å². The van der Waals surface area contributed by atoms with Crippen LogP contribution in [0.15, 0.2) is 54.6 Å². The molecule has 0 unspecified atom stereocenters. The number of methoxy groups -OCH3 is 1. The van der Waals surface area contributed by atoms with E-state index in [1.807, 2.05) is 36.4 Å². The third-order valence-corrected chi connectivity index (χ3v) is 4.01. The maximum absolute atomic E-state index is 9.09. The average Bonchev–Trinajstić information content (AvgIpc) is 3.03. The van der Waals surface area contributed by atoms with Gasteiger partial charge < -0.3 is 4.74 Å². The summed E-state index contributed by atoms with van der Waals surface area (Å²) in [5.74, 6) is 0.842. The molecule has 23 heavy (non-hydrogen) atoms. The number of aromatic nitrogens is 2. The normalized spacial score (nSPS) is 10.8. The van der Waals surface area contributed by atoms with Crippen LogP contribution >= 0.6 is 0 Å². The monoisotopic (exact) mass is 299 g/mol. The predicted molar refractivity (Wildman–Crippen MR) is 90.3 cm³/mol. The van der Waals surface area contributed by atoms with E-state index < -0.39 is 0 Å². The Hall–Kier alpha value is -3.32. The van der Waals surface area contributed by atoms with E-state index in [0.717, 1.165) is 38.7 Å². The lowest BCUT2D eigenvalue weighted by Gasteiger charge is -2.05. The minimum atomic E-state index is 0.630. The van der Waals surface area contributed by atoms with Crippen LogP contribution in [0.3, 0.4) is 0 Å². The second-order valence-corrected chi connectivity index (χ2v) is 5.37. The largest absolute Gasteiger partial charge is 0.497 e. The van der Waals surface area contributed by atoms with Gasteiger partial charge in [0.15, 0.2) is 0 Å². The molecule has 3 aromatic carbocycles. The van der Waals surface area contributed by atoms with Crippen LogP contribution in [0.2, 0.25) is 0 Å². The molecule has 1 heterocycles. The van der Waals surface area contributed by atoms with Crippen molar-refractivity contribution >= 4 is 21.7 Å². The lowest BCUT2D eigenvalue weighted by atomic mass is 10.0. The summed E-state index contributed by atoms with van der Waals surface area (Å²) >= 11 is 0. The standard InChI is InChI=1S/C19H13N3O/c1-23-16-6-5-13-9-15(4-3-14(13)10-16)19-17-8-12(11-20)2-7-18(17)21-22-19/h2-10H,1H3,(H,21,22). The second-order valence-electron chi connectivity index (χ2n) is 5.37. The number of rotatable bonds is 2. The SMILES string of the molecule is COc1ccc2cc(-c3n[nH]c4ccc(C#N)cc34)ccc2c1. The van der Waals surface area contributed by atoms with Crippen molar-refractivity contribution in [3.63, 3.8) is 0 Å². The molecular weight excluding hydrogens is 286 g/mol. The Labute approximate surface area is 132 Å². The molecule has 0 fully saturated rings. The molecule has 0 bridgehead atoms. The van der Waals surface area contributed by atoms with E-state index in [1.54, 1.807) is 13.2 Å². The Bertz CT molecular complexity index is 1070. The number of hydrogen-bond donors (Lipinski definition) is 1. The van der Waals surface area contributed by atoms with Gasteiger partial charge >= 0.3 is 0 Å². The molecule has 0 amide bonds. The summed E-state index contributed by atoms with van der Waals surface area (Å²) in [6, 6.07) is 19.9. The Kier molecular flexibility index (Phi) is 2.99. The van der Waals surface area contributed by atoms with Gasteiger partial charge in [-0.3, -0.25) is 5.10 Å². The van der Waals surface area contributed by atoms with Crippen LogP contribution in [0.25, 0.3) is 32.9 Å². The van der Waals surface area contributed by atoms with E-state index in [-0.39, 0.29) is 0 Å². The Balaban J connectivity index is 1.90. The van der Waals surface area contributed by atoms with Crippen molar-refractivity contribution < 1.29 is 4.74 Å². The minimum Gasteiger partial charge on any atom is -0.497 e. The van der Waals surface area contributed by atoms with Gasteiger partial charge in [0, 0.05) is 10.9 Å². The van der Waals surface area contributed by atoms with Gasteiger partial charge in [-0.15, -0.1) is 0 Å². The van der Waals surface area contributed by atoms with E-state index in [9.17, 15) is 0 Å². The Morgan fingerprint density at radius 3 is 2.65 bits per heavy atom. The Morgan fingerprint density at radius 2 is 1.83 bits per heavy atom. The average molecular weight is 299 g/mol. The van der Waals surface area contributed by atoms with Gasteiger partial charge in [0.1, 0.15) is 5.75 Å². The highest BCUT2D eigenvalue weighted by atomic mass is 16.5. The summed E-state index contributed by atoms with van der Waals surface area (Å²) in [5.41, 5.74) is 3.43. The van der Waals surface area contributed by atoms with Crippen LogP contribution in [-0.2, 0) is 0 Å². The summed E-state index contributed by atoms with van der Waals surface area (Å²) in [5, 5.41) is 19.7. The van der Waals surface area contributed by atoms with Crippen LogP contribution < -0.4 is 4.74 Å². The number of aromatic amines is 1. The molecule has 0 aliphatic rings. The summed E-state index contributed by atoms with van der Waals surface area (Å²) < 4.78 is 5.26. The van der Waals surface area contributed by atoms with Gasteiger partial charge in [0.2, 0.25) is 0 Å². The van der Waals surface area contributed by atoms with Gasteiger partial charge in [0.05, 0.1) is 30.0 Å². The lowest BCUT2D eigenvalue weighted by molar-refractivity contribution is 0.415. The van der Waals surface area contributed by atoms with E-state index in [1.165, 1.54) is 0 Å². The van der Waals surface area contributed by atoms with Gasteiger partial charge in [-0.1, -0.05) is 18.2 Å². The molecule has 0 spiro atoms. The number of nitrogens with one attached hydrogen (secondary N) is 1. The highest BCUT2D eigenvalue weighted by molar-refractivity contribution is 5.96. The molecule has 0 saturated carbocycles. The van der Waals surface area contributed by atoms with Crippen molar-refractivity contribution in [2.75, 3.05) is 7.11 Å². The van der Waals surface area contributed by atoms with Gasteiger partial charge in [-0.05, 0) is 47.2 Å². The van der Waals surface area contributed by atoms with Crippen molar-refractivity contribution in [1.29, 1.82) is 5.26 Å². The quantitative estimate of drug-likeness (QED) is 0.601.